The van der Waals surface area contributed by atoms with Crippen LogP contribution in [0.2, 0.25) is 0 Å². The molecule has 0 aliphatic carbocycles. The Bertz CT molecular complexity index is 1290. The molecule has 1 aromatic heterocycles. The van der Waals surface area contributed by atoms with Crippen LogP contribution in [0.1, 0.15) is 33.1 Å². The molecule has 0 amide bonds. The van der Waals surface area contributed by atoms with Gasteiger partial charge in [0.25, 0.3) is 10.0 Å². The maximum absolute atomic E-state index is 13.2. The van der Waals surface area contributed by atoms with Crippen LogP contribution in [-0.2, 0) is 20.0 Å². The van der Waals surface area contributed by atoms with E-state index in [1.807, 2.05) is 13.8 Å². The topological polar surface area (TPSA) is 96.4 Å². The van der Waals surface area contributed by atoms with Crippen molar-refractivity contribution >= 4 is 36.6 Å². The van der Waals surface area contributed by atoms with Crippen LogP contribution in [0.15, 0.2) is 70.6 Å². The van der Waals surface area contributed by atoms with Gasteiger partial charge < -0.3 is 0 Å². The Morgan fingerprint density at radius 3 is 2.23 bits per heavy atom. The van der Waals surface area contributed by atoms with Gasteiger partial charge in [0.15, 0.2) is 0 Å². The number of rotatable bonds is 5. The highest BCUT2D eigenvalue weighted by atomic mass is 32.2. The lowest BCUT2D eigenvalue weighted by Gasteiger charge is -2.37. The summed E-state index contributed by atoms with van der Waals surface area (Å²) < 4.78 is 56.3. The molecule has 1 N–H and O–H groups in total. The minimum atomic E-state index is -3.90. The van der Waals surface area contributed by atoms with Crippen LogP contribution in [-0.4, -0.2) is 38.2 Å². The predicted molar refractivity (Wildman–Crippen MR) is 121 cm³/mol. The van der Waals surface area contributed by atoms with Gasteiger partial charge in [0, 0.05) is 29.4 Å². The van der Waals surface area contributed by atoms with Crippen molar-refractivity contribution in [1.82, 2.24) is 9.29 Å². The Kier molecular flexibility index (Phi) is 5.76. The number of fused-ring (bicyclic) bond motifs is 1. The number of nitrogens with zero attached hydrogens (tertiary/aromatic N) is 2. The highest BCUT2D eigenvalue weighted by Crippen LogP contribution is 2.30. The second-order valence-electron chi connectivity index (χ2n) is 7.93. The maximum Gasteiger partial charge on any atom is 0.264 e. The van der Waals surface area contributed by atoms with Crippen molar-refractivity contribution in [2.45, 2.75) is 55.0 Å². The van der Waals surface area contributed by atoms with Crippen LogP contribution >= 0.6 is 0 Å². The fourth-order valence-corrected chi connectivity index (χ4v) is 7.31. The molecule has 0 bridgehead atoms. The van der Waals surface area contributed by atoms with Crippen molar-refractivity contribution in [3.8, 4) is 0 Å². The van der Waals surface area contributed by atoms with Crippen LogP contribution in [0, 0.1) is 0 Å². The Balaban J connectivity index is 1.61. The van der Waals surface area contributed by atoms with Gasteiger partial charge in [-0.05, 0) is 63.1 Å². The average molecular weight is 460 g/mol. The van der Waals surface area contributed by atoms with E-state index >= 15 is 0 Å². The Morgan fingerprint density at radius 1 is 0.903 bits per heavy atom. The molecular formula is C22H25N3O4S2. The molecular weight excluding hydrogens is 434 g/mol. The van der Waals surface area contributed by atoms with Crippen LogP contribution in [0.3, 0.4) is 0 Å². The van der Waals surface area contributed by atoms with Crippen molar-refractivity contribution < 1.29 is 16.8 Å². The maximum atomic E-state index is 13.2. The molecule has 31 heavy (non-hydrogen) atoms. The fraction of sp³-hybridized carbons (Fsp3) is 0.318. The van der Waals surface area contributed by atoms with Crippen LogP contribution < -0.4 is 4.72 Å². The number of para-hydroxylation sites is 1. The van der Waals surface area contributed by atoms with Crippen molar-refractivity contribution in [1.29, 1.82) is 0 Å². The van der Waals surface area contributed by atoms with E-state index in [4.69, 9.17) is 0 Å². The second-order valence-corrected chi connectivity index (χ2v) is 11.4. The number of hydrogen-bond donors (Lipinski definition) is 1. The number of hydrogen-bond acceptors (Lipinski definition) is 5. The highest BCUT2D eigenvalue weighted by molar-refractivity contribution is 7.93. The first kappa shape index (κ1) is 21.7. The van der Waals surface area contributed by atoms with Crippen LogP contribution in [0.4, 0.5) is 5.69 Å². The molecule has 3 aromatic rings. The highest BCUT2D eigenvalue weighted by Gasteiger charge is 2.35. The molecule has 7 nitrogen and oxygen atoms in total. The first-order valence-corrected chi connectivity index (χ1v) is 13.1. The quantitative estimate of drug-likeness (QED) is 0.622. The standard InChI is InChI=1S/C22H25N3O4S2/c1-16-6-3-7-17(2)25(16)31(28,29)20-13-11-19(12-14-20)24-30(26,27)21-10-4-8-18-9-5-15-23-22(18)21/h4-5,8-17,24H,3,6-7H2,1-2H3/t16-,17-/m1/s1. The lowest BCUT2D eigenvalue weighted by Crippen LogP contribution is -2.47. The largest absolute Gasteiger partial charge is 0.280 e. The first-order valence-electron chi connectivity index (χ1n) is 10.2. The number of pyridine rings is 1. The minimum Gasteiger partial charge on any atom is -0.280 e. The molecule has 9 heteroatoms. The van der Waals surface area contributed by atoms with E-state index in [1.165, 1.54) is 30.3 Å². The van der Waals surface area contributed by atoms with Gasteiger partial charge in [-0.15, -0.1) is 0 Å². The zero-order chi connectivity index (χ0) is 22.2. The van der Waals surface area contributed by atoms with Gasteiger partial charge in [-0.2, -0.15) is 4.31 Å². The Hall–Kier alpha value is -2.49. The third-order valence-corrected chi connectivity index (χ3v) is 9.24. The molecule has 1 aliphatic rings. The van der Waals surface area contributed by atoms with E-state index < -0.39 is 20.0 Å². The third-order valence-electron chi connectivity index (χ3n) is 5.68. The lowest BCUT2D eigenvalue weighted by atomic mass is 10.0. The third kappa shape index (κ3) is 4.17. The zero-order valence-electron chi connectivity index (χ0n) is 17.4. The van der Waals surface area contributed by atoms with Crippen LogP contribution in [0.5, 0.6) is 0 Å². The van der Waals surface area contributed by atoms with Gasteiger partial charge in [-0.1, -0.05) is 24.6 Å². The van der Waals surface area contributed by atoms with Gasteiger partial charge in [0.1, 0.15) is 4.90 Å². The molecule has 1 saturated heterocycles. The molecule has 1 aliphatic heterocycles. The van der Waals surface area contributed by atoms with Gasteiger partial charge in [-0.3, -0.25) is 9.71 Å². The predicted octanol–water partition coefficient (Wildman–Crippen LogP) is 3.99. The summed E-state index contributed by atoms with van der Waals surface area (Å²) in [5, 5.41) is 0.719. The normalized spacial score (nSPS) is 20.6. The number of nitrogens with one attached hydrogen (secondary N) is 1. The summed E-state index contributed by atoms with van der Waals surface area (Å²) in [6.45, 7) is 3.85. The molecule has 2 aromatic carbocycles. The molecule has 4 rings (SSSR count). The smallest absolute Gasteiger partial charge is 0.264 e. The molecule has 2 atom stereocenters. The Labute approximate surface area is 183 Å². The zero-order valence-corrected chi connectivity index (χ0v) is 19.0. The summed E-state index contributed by atoms with van der Waals surface area (Å²) in [5.74, 6) is 0. The van der Waals surface area contributed by atoms with Crippen molar-refractivity contribution in [2.75, 3.05) is 4.72 Å². The number of piperidine rings is 1. The van der Waals surface area contributed by atoms with E-state index in [9.17, 15) is 16.8 Å². The number of sulfonamides is 2. The molecule has 2 heterocycles. The average Bonchev–Trinajstić information content (AvgIpc) is 2.73. The van der Waals surface area contributed by atoms with Crippen molar-refractivity contribution in [2.24, 2.45) is 0 Å². The number of anilines is 1. The summed E-state index contributed by atoms with van der Waals surface area (Å²) in [7, 11) is -7.55. The van der Waals surface area contributed by atoms with Gasteiger partial charge >= 0.3 is 0 Å². The monoisotopic (exact) mass is 459 g/mol. The van der Waals surface area contributed by atoms with Crippen LogP contribution in [0.25, 0.3) is 10.9 Å². The molecule has 0 unspecified atom stereocenters. The van der Waals surface area contributed by atoms with Crippen molar-refractivity contribution in [3.05, 3.63) is 60.8 Å². The molecule has 0 radical (unpaired) electrons. The van der Waals surface area contributed by atoms with E-state index in [0.717, 1.165) is 24.6 Å². The van der Waals surface area contributed by atoms with E-state index in [0.29, 0.717) is 5.52 Å². The molecule has 0 saturated carbocycles. The summed E-state index contributed by atoms with van der Waals surface area (Å²) in [6, 6.07) is 14.2. The fourth-order valence-electron chi connectivity index (χ4n) is 4.19. The molecule has 164 valence electrons. The SMILES string of the molecule is C[C@@H]1CCC[C@@H](C)N1S(=O)(=O)c1ccc(NS(=O)(=O)c2cccc3cccnc23)cc1. The van der Waals surface area contributed by atoms with Crippen molar-refractivity contribution in [3.63, 3.8) is 0 Å². The van der Waals surface area contributed by atoms with Gasteiger partial charge in [0.2, 0.25) is 10.0 Å². The minimum absolute atomic E-state index is 0.0641. The summed E-state index contributed by atoms with van der Waals surface area (Å²) >= 11 is 0. The lowest BCUT2D eigenvalue weighted by molar-refractivity contribution is 0.204. The van der Waals surface area contributed by atoms with E-state index in [-0.39, 0.29) is 27.6 Å². The molecule has 1 fully saturated rings. The molecule has 0 spiro atoms. The summed E-state index contributed by atoms with van der Waals surface area (Å²) in [4.78, 5) is 4.42. The van der Waals surface area contributed by atoms with E-state index in [1.54, 1.807) is 34.8 Å². The van der Waals surface area contributed by atoms with E-state index in [2.05, 4.69) is 9.71 Å². The summed E-state index contributed by atoms with van der Waals surface area (Å²) in [6.07, 6.45) is 4.22. The first-order chi connectivity index (χ1) is 14.7. The number of aromatic nitrogens is 1. The van der Waals surface area contributed by atoms with Gasteiger partial charge in [0.05, 0.1) is 10.4 Å². The van der Waals surface area contributed by atoms with Gasteiger partial charge in [-0.25, -0.2) is 16.8 Å². The second kappa shape index (κ2) is 8.22. The number of benzene rings is 2. The summed E-state index contributed by atoms with van der Waals surface area (Å²) in [5.41, 5.74) is 0.663. The Morgan fingerprint density at radius 2 is 1.55 bits per heavy atom.